The van der Waals surface area contributed by atoms with Crippen LogP contribution in [-0.2, 0) is 4.79 Å². The van der Waals surface area contributed by atoms with E-state index in [9.17, 15) is 14.0 Å². The molecule has 2 aromatic rings. The number of thioether (sulfide) groups is 1. The van der Waals surface area contributed by atoms with Gasteiger partial charge in [-0.15, -0.1) is 10.2 Å². The molecule has 0 aliphatic heterocycles. The third kappa shape index (κ3) is 4.81. The van der Waals surface area contributed by atoms with Gasteiger partial charge in [-0.3, -0.25) is 10.1 Å². The quantitative estimate of drug-likeness (QED) is 0.776. The number of rotatable bonds is 5. The first-order chi connectivity index (χ1) is 12.5. The first kappa shape index (κ1) is 18.4. The van der Waals surface area contributed by atoms with Gasteiger partial charge in [0.25, 0.3) is 5.22 Å². The summed E-state index contributed by atoms with van der Waals surface area (Å²) in [5, 5.41) is 12.5. The molecule has 1 fully saturated rings. The van der Waals surface area contributed by atoms with Crippen LogP contribution in [-0.4, -0.2) is 33.4 Å². The number of hydrogen-bond acceptors (Lipinski definition) is 6. The topological polar surface area (TPSA) is 97.1 Å². The summed E-state index contributed by atoms with van der Waals surface area (Å²) < 4.78 is 18.4. The van der Waals surface area contributed by atoms with Crippen LogP contribution < -0.4 is 10.6 Å². The first-order valence-corrected chi connectivity index (χ1v) is 9.26. The van der Waals surface area contributed by atoms with Crippen molar-refractivity contribution in [3.05, 3.63) is 30.1 Å². The van der Waals surface area contributed by atoms with Crippen molar-refractivity contribution >= 4 is 23.7 Å². The van der Waals surface area contributed by atoms with Crippen LogP contribution >= 0.6 is 11.8 Å². The lowest BCUT2D eigenvalue weighted by Crippen LogP contribution is -2.45. The van der Waals surface area contributed by atoms with Crippen molar-refractivity contribution in [3.8, 4) is 11.5 Å². The SMILES string of the molecule is C[C@@H](Sc1nnc(-c2ccc(F)cc2)o1)C(=O)NC(=O)NC1CCCC1. The molecule has 3 rings (SSSR count). The second kappa shape index (κ2) is 8.31. The van der Waals surface area contributed by atoms with E-state index in [4.69, 9.17) is 4.42 Å². The van der Waals surface area contributed by atoms with E-state index in [0.717, 1.165) is 37.4 Å². The highest BCUT2D eigenvalue weighted by molar-refractivity contribution is 8.00. The minimum atomic E-state index is -0.592. The zero-order chi connectivity index (χ0) is 18.5. The minimum absolute atomic E-state index is 0.139. The van der Waals surface area contributed by atoms with Gasteiger partial charge in [-0.25, -0.2) is 9.18 Å². The highest BCUT2D eigenvalue weighted by atomic mass is 32.2. The first-order valence-electron chi connectivity index (χ1n) is 8.39. The van der Waals surface area contributed by atoms with E-state index in [-0.39, 0.29) is 23.0 Å². The van der Waals surface area contributed by atoms with Crippen LogP contribution in [0, 0.1) is 5.82 Å². The number of aromatic nitrogens is 2. The monoisotopic (exact) mass is 378 g/mol. The maximum atomic E-state index is 13.0. The van der Waals surface area contributed by atoms with Gasteiger partial charge in [0.15, 0.2) is 0 Å². The van der Waals surface area contributed by atoms with Crippen molar-refractivity contribution < 1.29 is 18.4 Å². The molecular weight excluding hydrogens is 359 g/mol. The van der Waals surface area contributed by atoms with Crippen LogP contribution in [0.15, 0.2) is 33.9 Å². The number of carbonyl (C=O) groups is 2. The Hall–Kier alpha value is -2.42. The van der Waals surface area contributed by atoms with Gasteiger partial charge in [0.1, 0.15) is 5.82 Å². The van der Waals surface area contributed by atoms with E-state index in [0.29, 0.717) is 5.56 Å². The normalized spacial score (nSPS) is 15.6. The van der Waals surface area contributed by atoms with Gasteiger partial charge in [-0.05, 0) is 44.0 Å². The number of nitrogens with one attached hydrogen (secondary N) is 2. The molecule has 0 radical (unpaired) electrons. The fourth-order valence-corrected chi connectivity index (χ4v) is 3.36. The second-order valence-electron chi connectivity index (χ2n) is 6.08. The van der Waals surface area contributed by atoms with Crippen LogP contribution in [0.5, 0.6) is 0 Å². The van der Waals surface area contributed by atoms with Crippen LogP contribution in [0.1, 0.15) is 32.6 Å². The van der Waals surface area contributed by atoms with E-state index in [1.165, 1.54) is 24.3 Å². The van der Waals surface area contributed by atoms with Gasteiger partial charge in [0.05, 0.1) is 5.25 Å². The Kier molecular flexibility index (Phi) is 5.87. The molecule has 2 N–H and O–H groups in total. The number of hydrogen-bond donors (Lipinski definition) is 2. The van der Waals surface area contributed by atoms with Gasteiger partial charge in [-0.1, -0.05) is 24.6 Å². The van der Waals surface area contributed by atoms with Crippen molar-refractivity contribution in [1.82, 2.24) is 20.8 Å². The molecule has 7 nitrogen and oxygen atoms in total. The molecule has 0 saturated heterocycles. The fraction of sp³-hybridized carbons (Fsp3) is 0.412. The number of carbonyl (C=O) groups excluding carboxylic acids is 2. The predicted octanol–water partition coefficient (Wildman–Crippen LogP) is 3.12. The third-order valence-electron chi connectivity index (χ3n) is 4.07. The van der Waals surface area contributed by atoms with Crippen LogP contribution in [0.3, 0.4) is 0 Å². The lowest BCUT2D eigenvalue weighted by atomic mass is 10.2. The molecule has 1 heterocycles. The Bertz CT molecular complexity index is 775. The van der Waals surface area contributed by atoms with Crippen LogP contribution in [0.4, 0.5) is 9.18 Å². The molecule has 0 spiro atoms. The van der Waals surface area contributed by atoms with Gasteiger partial charge < -0.3 is 9.73 Å². The van der Waals surface area contributed by atoms with E-state index >= 15 is 0 Å². The van der Waals surface area contributed by atoms with Gasteiger partial charge in [-0.2, -0.15) is 0 Å². The molecule has 0 bridgehead atoms. The van der Waals surface area contributed by atoms with E-state index in [1.54, 1.807) is 6.92 Å². The van der Waals surface area contributed by atoms with Crippen molar-refractivity contribution in [2.45, 2.75) is 49.1 Å². The maximum absolute atomic E-state index is 13.0. The molecule has 9 heteroatoms. The number of amides is 3. The fourth-order valence-electron chi connectivity index (χ4n) is 2.68. The summed E-state index contributed by atoms with van der Waals surface area (Å²) in [5.74, 6) is -0.560. The summed E-state index contributed by atoms with van der Waals surface area (Å²) in [4.78, 5) is 24.0. The molecular formula is C17H19FN4O3S. The molecule has 1 atom stereocenters. The minimum Gasteiger partial charge on any atom is -0.411 e. The van der Waals surface area contributed by atoms with Crippen LogP contribution in [0.2, 0.25) is 0 Å². The Morgan fingerprint density at radius 2 is 1.92 bits per heavy atom. The molecule has 0 unspecified atom stereocenters. The number of nitrogens with zero attached hydrogens (tertiary/aromatic N) is 2. The Labute approximate surface area is 154 Å². The summed E-state index contributed by atoms with van der Waals surface area (Å²) >= 11 is 1.05. The lowest BCUT2D eigenvalue weighted by molar-refractivity contribution is -0.119. The van der Waals surface area contributed by atoms with Gasteiger partial charge in [0.2, 0.25) is 11.8 Å². The highest BCUT2D eigenvalue weighted by Crippen LogP contribution is 2.26. The molecule has 3 amide bonds. The zero-order valence-electron chi connectivity index (χ0n) is 14.2. The molecule has 1 aliphatic carbocycles. The third-order valence-corrected chi connectivity index (χ3v) is 5.01. The molecule has 138 valence electrons. The maximum Gasteiger partial charge on any atom is 0.321 e. The molecule has 1 saturated carbocycles. The summed E-state index contributed by atoms with van der Waals surface area (Å²) in [6.45, 7) is 1.64. The smallest absolute Gasteiger partial charge is 0.321 e. The second-order valence-corrected chi connectivity index (χ2v) is 7.38. The molecule has 1 aliphatic rings. The lowest BCUT2D eigenvalue weighted by Gasteiger charge is -2.13. The Morgan fingerprint density at radius 3 is 2.62 bits per heavy atom. The van der Waals surface area contributed by atoms with Crippen molar-refractivity contribution in [2.24, 2.45) is 0 Å². The highest BCUT2D eigenvalue weighted by Gasteiger charge is 2.22. The van der Waals surface area contributed by atoms with E-state index in [1.807, 2.05) is 0 Å². The van der Waals surface area contributed by atoms with E-state index in [2.05, 4.69) is 20.8 Å². The van der Waals surface area contributed by atoms with Crippen molar-refractivity contribution in [3.63, 3.8) is 0 Å². The number of imide groups is 1. The molecule has 1 aromatic heterocycles. The average molecular weight is 378 g/mol. The van der Waals surface area contributed by atoms with Crippen molar-refractivity contribution in [2.75, 3.05) is 0 Å². The van der Waals surface area contributed by atoms with E-state index < -0.39 is 17.2 Å². The standard InChI is InChI=1S/C17H19FN4O3S/c1-10(14(23)20-16(24)19-13-4-2-3-5-13)26-17-22-21-15(25-17)11-6-8-12(18)9-7-11/h6-10,13H,2-5H2,1H3,(H2,19,20,23,24)/t10-/m1/s1. The number of halogens is 1. The Balaban J connectivity index is 1.52. The average Bonchev–Trinajstić information content (AvgIpc) is 3.27. The van der Waals surface area contributed by atoms with Crippen molar-refractivity contribution in [1.29, 1.82) is 0 Å². The molecule has 26 heavy (non-hydrogen) atoms. The summed E-state index contributed by atoms with van der Waals surface area (Å²) in [7, 11) is 0. The zero-order valence-corrected chi connectivity index (χ0v) is 15.0. The largest absolute Gasteiger partial charge is 0.411 e. The summed E-state index contributed by atoms with van der Waals surface area (Å²) in [5.41, 5.74) is 0.582. The Morgan fingerprint density at radius 1 is 1.23 bits per heavy atom. The van der Waals surface area contributed by atoms with Gasteiger partial charge in [0, 0.05) is 11.6 Å². The van der Waals surface area contributed by atoms with Crippen LogP contribution in [0.25, 0.3) is 11.5 Å². The number of benzene rings is 1. The molecule has 1 aromatic carbocycles. The summed E-state index contributed by atoms with van der Waals surface area (Å²) in [6, 6.07) is 5.31. The predicted molar refractivity (Wildman–Crippen MR) is 93.9 cm³/mol. The van der Waals surface area contributed by atoms with Gasteiger partial charge >= 0.3 is 6.03 Å². The number of urea groups is 1. The summed E-state index contributed by atoms with van der Waals surface area (Å²) in [6.07, 6.45) is 4.08.